The molecule has 0 N–H and O–H groups in total. The molecule has 0 unspecified atom stereocenters. The van der Waals surface area contributed by atoms with Crippen LogP contribution in [0.15, 0.2) is 105 Å². The van der Waals surface area contributed by atoms with Crippen molar-refractivity contribution in [1.29, 1.82) is 0 Å². The third-order valence-electron chi connectivity index (χ3n) is 5.79. The Morgan fingerprint density at radius 3 is 2.49 bits per heavy atom. The molecule has 0 spiro atoms. The number of aromatic nitrogens is 2. The Balaban J connectivity index is 1.49. The van der Waals surface area contributed by atoms with Gasteiger partial charge >= 0.3 is 6.18 Å². The molecular formula is C29H18BrF3IN3O2. The normalized spacial score (nSPS) is 11.8. The number of hydrogen-bond acceptors (Lipinski definition) is 4. The van der Waals surface area contributed by atoms with E-state index in [4.69, 9.17) is 4.74 Å². The molecule has 5 aromatic rings. The number of fused-ring (bicyclic) bond motifs is 1. The first-order chi connectivity index (χ1) is 18.7. The van der Waals surface area contributed by atoms with Gasteiger partial charge in [-0.05, 0) is 88.3 Å². The number of alkyl halides is 3. The second kappa shape index (κ2) is 11.3. The van der Waals surface area contributed by atoms with Crippen molar-refractivity contribution in [3.8, 4) is 17.1 Å². The van der Waals surface area contributed by atoms with Crippen LogP contribution in [0.4, 0.5) is 13.2 Å². The van der Waals surface area contributed by atoms with Gasteiger partial charge in [0.1, 0.15) is 12.4 Å². The van der Waals surface area contributed by atoms with E-state index in [9.17, 15) is 18.0 Å². The number of benzene rings is 4. The highest BCUT2D eigenvalue weighted by Gasteiger charge is 2.31. The molecule has 1 heterocycles. The summed E-state index contributed by atoms with van der Waals surface area (Å²) in [5.74, 6) is 0.690. The number of rotatable bonds is 6. The molecule has 0 amide bonds. The molecule has 196 valence electrons. The second-order valence-electron chi connectivity index (χ2n) is 8.50. The van der Waals surface area contributed by atoms with Gasteiger partial charge in [-0.25, -0.2) is 4.98 Å². The van der Waals surface area contributed by atoms with Gasteiger partial charge in [-0.2, -0.15) is 22.9 Å². The fourth-order valence-corrected chi connectivity index (χ4v) is 4.79. The van der Waals surface area contributed by atoms with Crippen molar-refractivity contribution in [2.75, 3.05) is 0 Å². The molecule has 10 heteroatoms. The Morgan fingerprint density at radius 1 is 0.974 bits per heavy atom. The minimum atomic E-state index is -4.54. The average Bonchev–Trinajstić information content (AvgIpc) is 2.92. The number of para-hydroxylation sites is 1. The Hall–Kier alpha value is -3.51. The van der Waals surface area contributed by atoms with Crippen molar-refractivity contribution < 1.29 is 17.9 Å². The van der Waals surface area contributed by atoms with Crippen LogP contribution in [-0.2, 0) is 12.8 Å². The summed E-state index contributed by atoms with van der Waals surface area (Å²) >= 11 is 5.56. The van der Waals surface area contributed by atoms with E-state index in [0.29, 0.717) is 28.8 Å². The van der Waals surface area contributed by atoms with Crippen LogP contribution < -0.4 is 10.3 Å². The molecule has 0 aliphatic heterocycles. The summed E-state index contributed by atoms with van der Waals surface area (Å²) in [7, 11) is 0. The van der Waals surface area contributed by atoms with Gasteiger partial charge in [0.05, 0.1) is 26.3 Å². The van der Waals surface area contributed by atoms with E-state index in [-0.39, 0.29) is 11.4 Å². The molecule has 0 aliphatic rings. The first-order valence-electron chi connectivity index (χ1n) is 11.6. The smallest absolute Gasteiger partial charge is 0.416 e. The van der Waals surface area contributed by atoms with Gasteiger partial charge in [0.25, 0.3) is 5.56 Å². The maximum Gasteiger partial charge on any atom is 0.416 e. The first-order valence-corrected chi connectivity index (χ1v) is 13.5. The maximum absolute atomic E-state index is 13.4. The van der Waals surface area contributed by atoms with Crippen LogP contribution in [0.25, 0.3) is 22.3 Å². The second-order valence-corrected chi connectivity index (χ2v) is 10.6. The summed E-state index contributed by atoms with van der Waals surface area (Å²) in [6.07, 6.45) is -3.07. The summed E-state index contributed by atoms with van der Waals surface area (Å²) in [5.41, 5.74) is 0.842. The number of hydrogen-bond donors (Lipinski definition) is 0. The van der Waals surface area contributed by atoms with E-state index in [2.05, 4.69) is 48.6 Å². The maximum atomic E-state index is 13.4. The SMILES string of the molecule is O=c1c2ccccc2nc(-c2cccc(C(F)(F)F)c2)n1N=Cc1ccc(OCc2ccc(Br)cc2)c(I)c1. The van der Waals surface area contributed by atoms with Gasteiger partial charge in [0, 0.05) is 10.0 Å². The molecular weight excluding hydrogens is 686 g/mol. The van der Waals surface area contributed by atoms with Crippen molar-refractivity contribution in [1.82, 2.24) is 9.66 Å². The summed E-state index contributed by atoms with van der Waals surface area (Å²) in [6, 6.07) is 24.6. The summed E-state index contributed by atoms with van der Waals surface area (Å²) in [4.78, 5) is 17.8. The number of nitrogens with zero attached hydrogens (tertiary/aromatic N) is 3. The van der Waals surface area contributed by atoms with Crippen molar-refractivity contribution in [3.05, 3.63) is 126 Å². The third-order valence-corrected chi connectivity index (χ3v) is 7.16. The van der Waals surface area contributed by atoms with Crippen molar-refractivity contribution in [2.24, 2.45) is 5.10 Å². The van der Waals surface area contributed by atoms with Gasteiger partial charge in [-0.3, -0.25) is 4.79 Å². The Labute approximate surface area is 243 Å². The van der Waals surface area contributed by atoms with Crippen LogP contribution in [0.3, 0.4) is 0 Å². The Morgan fingerprint density at radius 2 is 1.74 bits per heavy atom. The lowest BCUT2D eigenvalue weighted by Gasteiger charge is -2.12. The lowest BCUT2D eigenvalue weighted by molar-refractivity contribution is -0.137. The van der Waals surface area contributed by atoms with E-state index in [0.717, 1.165) is 30.4 Å². The molecule has 1 aromatic heterocycles. The molecule has 0 bridgehead atoms. The zero-order chi connectivity index (χ0) is 27.6. The van der Waals surface area contributed by atoms with Crippen molar-refractivity contribution >= 4 is 55.6 Å². The predicted octanol–water partition coefficient (Wildman–Crippen LogP) is 7.91. The average molecular weight is 704 g/mol. The highest BCUT2D eigenvalue weighted by Crippen LogP contribution is 2.32. The van der Waals surface area contributed by atoms with Crippen LogP contribution in [-0.4, -0.2) is 15.9 Å². The molecule has 0 fully saturated rings. The minimum Gasteiger partial charge on any atom is -0.488 e. The molecule has 0 saturated carbocycles. The first kappa shape index (κ1) is 27.1. The molecule has 0 atom stereocenters. The van der Waals surface area contributed by atoms with Gasteiger partial charge < -0.3 is 4.74 Å². The lowest BCUT2D eigenvalue weighted by atomic mass is 10.1. The summed E-state index contributed by atoms with van der Waals surface area (Å²) in [6.45, 7) is 0.398. The van der Waals surface area contributed by atoms with Crippen LogP contribution in [0.5, 0.6) is 5.75 Å². The molecule has 39 heavy (non-hydrogen) atoms. The topological polar surface area (TPSA) is 56.5 Å². The Kier molecular flexibility index (Phi) is 7.85. The minimum absolute atomic E-state index is 0.00481. The highest BCUT2D eigenvalue weighted by atomic mass is 127. The quantitative estimate of drug-likeness (QED) is 0.134. The molecule has 5 nitrogen and oxygen atoms in total. The predicted molar refractivity (Wildman–Crippen MR) is 157 cm³/mol. The van der Waals surface area contributed by atoms with Crippen LogP contribution in [0, 0.1) is 3.57 Å². The molecule has 0 aliphatic carbocycles. The van der Waals surface area contributed by atoms with Crippen LogP contribution in [0.1, 0.15) is 16.7 Å². The van der Waals surface area contributed by atoms with Crippen molar-refractivity contribution in [2.45, 2.75) is 12.8 Å². The van der Waals surface area contributed by atoms with Gasteiger partial charge in [0.2, 0.25) is 0 Å². The number of ether oxygens (including phenoxy) is 1. The van der Waals surface area contributed by atoms with E-state index in [1.807, 2.05) is 30.3 Å². The Bertz CT molecular complexity index is 1750. The lowest BCUT2D eigenvalue weighted by Crippen LogP contribution is -2.20. The highest BCUT2D eigenvalue weighted by molar-refractivity contribution is 14.1. The standard InChI is InChI=1S/C29H18BrF3IN3O2/c30-22-11-8-18(9-12-22)17-39-26-13-10-19(14-24(26)34)16-35-37-27(20-4-3-5-21(15-20)29(31,32)33)36-25-7-2-1-6-23(25)28(37)38/h1-16H,17H2. The molecule has 0 saturated heterocycles. The molecule has 0 radical (unpaired) electrons. The van der Waals surface area contributed by atoms with Gasteiger partial charge in [0.15, 0.2) is 5.82 Å². The molecule has 4 aromatic carbocycles. The van der Waals surface area contributed by atoms with E-state index in [1.54, 1.807) is 36.4 Å². The zero-order valence-corrected chi connectivity index (χ0v) is 23.7. The zero-order valence-electron chi connectivity index (χ0n) is 20.0. The van der Waals surface area contributed by atoms with Gasteiger partial charge in [-0.15, -0.1) is 0 Å². The third kappa shape index (κ3) is 6.22. The van der Waals surface area contributed by atoms with Crippen molar-refractivity contribution in [3.63, 3.8) is 0 Å². The van der Waals surface area contributed by atoms with Gasteiger partial charge in [-0.1, -0.05) is 52.3 Å². The molecule has 5 rings (SSSR count). The summed E-state index contributed by atoms with van der Waals surface area (Å²) < 4.78 is 49.0. The fraction of sp³-hybridized carbons (Fsp3) is 0.0690. The number of halogens is 5. The van der Waals surface area contributed by atoms with E-state index < -0.39 is 17.3 Å². The van der Waals surface area contributed by atoms with Crippen LogP contribution >= 0.6 is 38.5 Å². The fourth-order valence-electron chi connectivity index (χ4n) is 3.83. The van der Waals surface area contributed by atoms with E-state index >= 15 is 0 Å². The van der Waals surface area contributed by atoms with E-state index in [1.165, 1.54) is 18.3 Å². The monoisotopic (exact) mass is 703 g/mol. The largest absolute Gasteiger partial charge is 0.488 e. The summed E-state index contributed by atoms with van der Waals surface area (Å²) in [5, 5.41) is 4.66. The van der Waals surface area contributed by atoms with Crippen LogP contribution in [0.2, 0.25) is 0 Å².